The number of amides is 1. The van der Waals surface area contributed by atoms with Crippen molar-refractivity contribution in [2.45, 2.75) is 39.5 Å². The third-order valence-corrected chi connectivity index (χ3v) is 2.96. The molecule has 1 unspecified atom stereocenters. The zero-order valence-electron chi connectivity index (χ0n) is 13.3. The summed E-state index contributed by atoms with van der Waals surface area (Å²) < 4.78 is 40.5. The monoisotopic (exact) mass is 334 g/mol. The number of carbonyl (C=O) groups excluding carboxylic acids is 1. The van der Waals surface area contributed by atoms with E-state index in [0.29, 0.717) is 13.0 Å². The summed E-state index contributed by atoms with van der Waals surface area (Å²) in [6.45, 7) is 4.41. The van der Waals surface area contributed by atoms with E-state index in [1.165, 1.54) is 12.1 Å². The molecule has 0 aliphatic carbocycles. The summed E-state index contributed by atoms with van der Waals surface area (Å²) in [5, 5.41) is 12.1. The minimum Gasteiger partial charge on any atom is -0.468 e. The van der Waals surface area contributed by atoms with Crippen LogP contribution in [0.1, 0.15) is 37.6 Å². The van der Waals surface area contributed by atoms with E-state index >= 15 is 0 Å². The number of hydrogen-bond acceptors (Lipinski definition) is 4. The number of alkyl halides is 3. The Hall–Kier alpha value is -1.83. The summed E-state index contributed by atoms with van der Waals surface area (Å²) in [5.74, 6) is -0.591. The van der Waals surface area contributed by atoms with Crippen LogP contribution in [0.4, 0.5) is 13.2 Å². The van der Waals surface area contributed by atoms with Crippen LogP contribution in [0, 0.1) is 5.41 Å². The Labute approximate surface area is 132 Å². The molecule has 1 amide bonds. The normalized spacial score (nSPS) is 13.5. The molecule has 23 heavy (non-hydrogen) atoms. The number of aromatic nitrogens is 1. The maximum atomic E-state index is 12.0. The summed E-state index contributed by atoms with van der Waals surface area (Å²) in [6.07, 6.45) is -3.24. The number of nitrogens with one attached hydrogen (secondary N) is 1. The number of rotatable bonds is 7. The van der Waals surface area contributed by atoms with E-state index in [0.717, 1.165) is 6.20 Å². The lowest BCUT2D eigenvalue weighted by Gasteiger charge is -2.26. The maximum Gasteiger partial charge on any atom is 0.422 e. The Kier molecular flexibility index (Phi) is 6.37. The highest BCUT2D eigenvalue weighted by molar-refractivity contribution is 5.93. The van der Waals surface area contributed by atoms with Gasteiger partial charge in [0.25, 0.3) is 5.91 Å². The minimum atomic E-state index is -4.44. The predicted octanol–water partition coefficient (Wildman–Crippen LogP) is 2.55. The maximum absolute atomic E-state index is 12.0. The molecule has 0 bridgehead atoms. The Morgan fingerprint density at radius 3 is 2.52 bits per heavy atom. The summed E-state index contributed by atoms with van der Waals surface area (Å²) in [7, 11) is 0. The number of carbonyl (C=O) groups is 1. The fraction of sp³-hybridized carbons (Fsp3) is 0.600. The van der Waals surface area contributed by atoms with Crippen molar-refractivity contribution in [2.24, 2.45) is 5.41 Å². The summed E-state index contributed by atoms with van der Waals surface area (Å²) in [6, 6.07) is 2.55. The zero-order chi connectivity index (χ0) is 17.7. The molecular weight excluding hydrogens is 313 g/mol. The number of halogens is 3. The molecule has 0 aliphatic rings. The van der Waals surface area contributed by atoms with Crippen LogP contribution < -0.4 is 10.1 Å². The Morgan fingerprint density at radius 1 is 1.39 bits per heavy atom. The first kappa shape index (κ1) is 19.2. The van der Waals surface area contributed by atoms with Gasteiger partial charge in [-0.15, -0.1) is 0 Å². The first-order valence-corrected chi connectivity index (χ1v) is 7.10. The SMILES string of the molecule is CC(O)CC(C)(C)CNC(=O)c1ccc(OCC(F)(F)F)nc1. The molecule has 0 spiro atoms. The molecular formula is C15H21F3N2O3. The number of aliphatic hydroxyl groups excluding tert-OH is 1. The second-order valence-electron chi connectivity index (χ2n) is 6.19. The van der Waals surface area contributed by atoms with Gasteiger partial charge in [-0.1, -0.05) is 13.8 Å². The van der Waals surface area contributed by atoms with Gasteiger partial charge in [-0.25, -0.2) is 4.98 Å². The van der Waals surface area contributed by atoms with Gasteiger partial charge < -0.3 is 15.2 Å². The topological polar surface area (TPSA) is 71.5 Å². The molecule has 1 heterocycles. The van der Waals surface area contributed by atoms with Crippen LogP contribution in [0.2, 0.25) is 0 Å². The molecule has 0 saturated carbocycles. The molecule has 0 radical (unpaired) electrons. The van der Waals surface area contributed by atoms with Gasteiger partial charge in [-0.2, -0.15) is 13.2 Å². The summed E-state index contributed by atoms with van der Waals surface area (Å²) >= 11 is 0. The summed E-state index contributed by atoms with van der Waals surface area (Å²) in [5.41, 5.74) is -0.0651. The van der Waals surface area contributed by atoms with Gasteiger partial charge in [0.05, 0.1) is 11.7 Å². The average molecular weight is 334 g/mol. The van der Waals surface area contributed by atoms with Crippen LogP contribution in [0.5, 0.6) is 5.88 Å². The molecule has 5 nitrogen and oxygen atoms in total. The van der Waals surface area contributed by atoms with Crippen molar-refractivity contribution < 1.29 is 27.8 Å². The molecule has 0 aromatic carbocycles. The van der Waals surface area contributed by atoms with Crippen molar-refractivity contribution in [1.29, 1.82) is 0 Å². The van der Waals surface area contributed by atoms with E-state index in [9.17, 15) is 23.1 Å². The molecule has 130 valence electrons. The van der Waals surface area contributed by atoms with Gasteiger partial charge in [-0.3, -0.25) is 4.79 Å². The van der Waals surface area contributed by atoms with Gasteiger partial charge in [0.2, 0.25) is 5.88 Å². The lowest BCUT2D eigenvalue weighted by molar-refractivity contribution is -0.154. The fourth-order valence-electron chi connectivity index (χ4n) is 2.05. The molecule has 2 N–H and O–H groups in total. The van der Waals surface area contributed by atoms with Crippen LogP contribution >= 0.6 is 0 Å². The lowest BCUT2D eigenvalue weighted by atomic mass is 9.87. The molecule has 1 aromatic rings. The molecule has 8 heteroatoms. The highest BCUT2D eigenvalue weighted by Gasteiger charge is 2.28. The van der Waals surface area contributed by atoms with Crippen LogP contribution in [0.15, 0.2) is 18.3 Å². The standard InChI is InChI=1S/C15H21F3N2O3/c1-10(21)6-14(2,3)8-20-13(22)11-4-5-12(19-7-11)23-9-15(16,17)18/h4-5,7,10,21H,6,8-9H2,1-3H3,(H,20,22). The van der Waals surface area contributed by atoms with E-state index < -0.39 is 24.8 Å². The van der Waals surface area contributed by atoms with Gasteiger partial charge in [-0.05, 0) is 24.8 Å². The number of hydrogen-bond donors (Lipinski definition) is 2. The van der Waals surface area contributed by atoms with Crippen molar-refractivity contribution in [2.75, 3.05) is 13.2 Å². The van der Waals surface area contributed by atoms with Gasteiger partial charge in [0.15, 0.2) is 6.61 Å². The first-order valence-electron chi connectivity index (χ1n) is 7.10. The second-order valence-corrected chi connectivity index (χ2v) is 6.19. The van der Waals surface area contributed by atoms with Crippen molar-refractivity contribution in [1.82, 2.24) is 10.3 Å². The van der Waals surface area contributed by atoms with Gasteiger partial charge in [0, 0.05) is 18.8 Å². The molecule has 1 rings (SSSR count). The lowest BCUT2D eigenvalue weighted by Crippen LogP contribution is -2.35. The van der Waals surface area contributed by atoms with Crippen molar-refractivity contribution >= 4 is 5.91 Å². The number of pyridine rings is 1. The third-order valence-electron chi connectivity index (χ3n) is 2.96. The van der Waals surface area contributed by atoms with Gasteiger partial charge >= 0.3 is 6.18 Å². The van der Waals surface area contributed by atoms with E-state index in [2.05, 4.69) is 15.0 Å². The van der Waals surface area contributed by atoms with Crippen molar-refractivity contribution in [3.05, 3.63) is 23.9 Å². The van der Waals surface area contributed by atoms with Crippen molar-refractivity contribution in [3.63, 3.8) is 0 Å². The number of nitrogens with zero attached hydrogens (tertiary/aromatic N) is 1. The Bertz CT molecular complexity index is 514. The summed E-state index contributed by atoms with van der Waals surface area (Å²) in [4.78, 5) is 15.6. The third kappa shape index (κ3) is 7.83. The molecule has 0 fully saturated rings. The van der Waals surface area contributed by atoms with Gasteiger partial charge in [0.1, 0.15) is 0 Å². The van der Waals surface area contributed by atoms with Crippen LogP contribution in [-0.2, 0) is 0 Å². The average Bonchev–Trinajstić information content (AvgIpc) is 2.41. The molecule has 1 atom stereocenters. The second kappa shape index (κ2) is 7.63. The Morgan fingerprint density at radius 2 is 2.04 bits per heavy atom. The molecule has 1 aromatic heterocycles. The highest BCUT2D eigenvalue weighted by atomic mass is 19.4. The number of ether oxygens (including phenoxy) is 1. The van der Waals surface area contributed by atoms with Crippen molar-refractivity contribution in [3.8, 4) is 5.88 Å². The van der Waals surface area contributed by atoms with E-state index in [1.54, 1.807) is 6.92 Å². The van der Waals surface area contributed by atoms with E-state index in [-0.39, 0.29) is 16.9 Å². The highest BCUT2D eigenvalue weighted by Crippen LogP contribution is 2.21. The van der Waals surface area contributed by atoms with Crippen LogP contribution in [0.3, 0.4) is 0 Å². The molecule has 0 aliphatic heterocycles. The smallest absolute Gasteiger partial charge is 0.422 e. The zero-order valence-corrected chi connectivity index (χ0v) is 13.3. The first-order chi connectivity index (χ1) is 10.5. The predicted molar refractivity (Wildman–Crippen MR) is 78.2 cm³/mol. The minimum absolute atomic E-state index is 0.201. The van der Waals surface area contributed by atoms with E-state index in [4.69, 9.17) is 0 Å². The molecule has 0 saturated heterocycles. The van der Waals surface area contributed by atoms with Crippen LogP contribution in [-0.4, -0.2) is 41.4 Å². The van der Waals surface area contributed by atoms with Crippen LogP contribution in [0.25, 0.3) is 0 Å². The largest absolute Gasteiger partial charge is 0.468 e. The quantitative estimate of drug-likeness (QED) is 0.804. The fourth-order valence-corrected chi connectivity index (χ4v) is 2.05. The van der Waals surface area contributed by atoms with E-state index in [1.807, 2.05) is 13.8 Å². The Balaban J connectivity index is 2.54. The number of aliphatic hydroxyl groups is 1.